The van der Waals surface area contributed by atoms with Gasteiger partial charge in [-0.25, -0.2) is 14.8 Å². The number of hydrogen-bond acceptors (Lipinski definition) is 7. The van der Waals surface area contributed by atoms with Crippen molar-refractivity contribution >= 4 is 39.0 Å². The number of para-hydroxylation sites is 2. The van der Waals surface area contributed by atoms with Gasteiger partial charge < -0.3 is 14.4 Å². The van der Waals surface area contributed by atoms with E-state index in [1.165, 1.54) is 7.11 Å². The van der Waals surface area contributed by atoms with Crippen molar-refractivity contribution in [2.75, 3.05) is 18.6 Å². The van der Waals surface area contributed by atoms with E-state index in [0.29, 0.717) is 12.3 Å². The lowest BCUT2D eigenvalue weighted by atomic mass is 10.1. The molecule has 3 heterocycles. The summed E-state index contributed by atoms with van der Waals surface area (Å²) < 4.78 is 10.6. The van der Waals surface area contributed by atoms with E-state index in [1.54, 1.807) is 17.7 Å². The van der Waals surface area contributed by atoms with Gasteiger partial charge in [0.05, 0.1) is 24.7 Å². The van der Waals surface area contributed by atoms with Crippen LogP contribution in [0.3, 0.4) is 0 Å². The van der Waals surface area contributed by atoms with Crippen LogP contribution in [0.25, 0.3) is 10.2 Å². The van der Waals surface area contributed by atoms with Crippen molar-refractivity contribution in [2.24, 2.45) is 0 Å². The Bertz CT molecular complexity index is 880. The van der Waals surface area contributed by atoms with Crippen molar-refractivity contribution in [1.82, 2.24) is 9.97 Å². The lowest BCUT2D eigenvalue weighted by Crippen LogP contribution is -2.43. The minimum absolute atomic E-state index is 0.339. The number of anilines is 2. The van der Waals surface area contributed by atoms with E-state index in [1.807, 2.05) is 40.6 Å². The molecular weight excluding hydrogens is 314 g/mol. The highest BCUT2D eigenvalue weighted by Crippen LogP contribution is 2.40. The van der Waals surface area contributed by atoms with E-state index in [4.69, 9.17) is 9.47 Å². The molecule has 0 saturated carbocycles. The van der Waals surface area contributed by atoms with Crippen LogP contribution in [0.15, 0.2) is 42.0 Å². The molecule has 0 amide bonds. The first-order chi connectivity index (χ1) is 11.3. The van der Waals surface area contributed by atoms with E-state index in [-0.39, 0.29) is 0 Å². The first-order valence-corrected chi connectivity index (χ1v) is 7.95. The summed E-state index contributed by atoms with van der Waals surface area (Å²) in [5.41, 5.74) is 0.874. The second kappa shape index (κ2) is 5.51. The standard InChI is InChI=1S/C16H13N3O3S/c1-21-16(20)13-8-19(11-4-2-3-5-12(11)22-13)14-10-6-7-23-15(10)18-9-17-14/h2-7,9,13H,8H2,1H3/t13-/m0/s1. The third-order valence-electron chi connectivity index (χ3n) is 3.73. The number of nitrogens with zero attached hydrogens (tertiary/aromatic N) is 3. The third kappa shape index (κ3) is 2.29. The van der Waals surface area contributed by atoms with Crippen LogP contribution < -0.4 is 9.64 Å². The summed E-state index contributed by atoms with van der Waals surface area (Å²) >= 11 is 1.56. The maximum Gasteiger partial charge on any atom is 0.348 e. The predicted octanol–water partition coefficient (Wildman–Crippen LogP) is 2.76. The molecule has 6 nitrogen and oxygen atoms in total. The Morgan fingerprint density at radius 3 is 3.09 bits per heavy atom. The minimum atomic E-state index is -0.696. The highest BCUT2D eigenvalue weighted by Gasteiger charge is 2.33. The highest BCUT2D eigenvalue weighted by molar-refractivity contribution is 7.16. The maximum atomic E-state index is 12.0. The van der Waals surface area contributed by atoms with Gasteiger partial charge in [-0.15, -0.1) is 11.3 Å². The molecule has 0 spiro atoms. The Morgan fingerprint density at radius 1 is 1.35 bits per heavy atom. The van der Waals surface area contributed by atoms with Gasteiger partial charge in [-0.05, 0) is 23.6 Å². The number of hydrogen-bond donors (Lipinski definition) is 0. The van der Waals surface area contributed by atoms with E-state index in [2.05, 4.69) is 9.97 Å². The second-order valence-electron chi connectivity index (χ2n) is 5.04. The zero-order valence-electron chi connectivity index (χ0n) is 12.3. The quantitative estimate of drug-likeness (QED) is 0.674. The molecule has 0 saturated heterocycles. The van der Waals surface area contributed by atoms with Crippen molar-refractivity contribution < 1.29 is 14.3 Å². The van der Waals surface area contributed by atoms with Gasteiger partial charge in [-0.2, -0.15) is 0 Å². The normalized spacial score (nSPS) is 16.7. The summed E-state index contributed by atoms with van der Waals surface area (Å²) in [5, 5.41) is 2.94. The van der Waals surface area contributed by atoms with E-state index < -0.39 is 12.1 Å². The van der Waals surface area contributed by atoms with Gasteiger partial charge in [0.15, 0.2) is 0 Å². The largest absolute Gasteiger partial charge is 0.475 e. The third-order valence-corrected chi connectivity index (χ3v) is 4.55. The molecule has 3 aromatic rings. The van der Waals surface area contributed by atoms with Crippen molar-refractivity contribution in [3.05, 3.63) is 42.0 Å². The molecule has 0 fully saturated rings. The molecule has 1 aliphatic heterocycles. The van der Waals surface area contributed by atoms with Gasteiger partial charge in [-0.1, -0.05) is 12.1 Å². The Balaban J connectivity index is 1.86. The number of thiophene rings is 1. The summed E-state index contributed by atoms with van der Waals surface area (Å²) in [4.78, 5) is 23.6. The predicted molar refractivity (Wildman–Crippen MR) is 87.3 cm³/mol. The van der Waals surface area contributed by atoms with Crippen molar-refractivity contribution in [3.8, 4) is 5.75 Å². The molecule has 0 N–H and O–H groups in total. The van der Waals surface area contributed by atoms with Gasteiger partial charge in [0, 0.05) is 0 Å². The van der Waals surface area contributed by atoms with Gasteiger partial charge in [0.2, 0.25) is 6.10 Å². The lowest BCUT2D eigenvalue weighted by Gasteiger charge is -2.34. The first-order valence-electron chi connectivity index (χ1n) is 7.07. The number of esters is 1. The minimum Gasteiger partial charge on any atom is -0.475 e. The summed E-state index contributed by atoms with van der Waals surface area (Å²) in [5.74, 6) is 0.997. The number of aromatic nitrogens is 2. The highest BCUT2D eigenvalue weighted by atomic mass is 32.1. The number of rotatable bonds is 2. The molecule has 1 aromatic carbocycles. The lowest BCUT2D eigenvalue weighted by molar-refractivity contribution is -0.148. The van der Waals surface area contributed by atoms with Crippen LogP contribution in [0.5, 0.6) is 5.75 Å². The molecule has 0 radical (unpaired) electrons. The summed E-state index contributed by atoms with van der Waals surface area (Å²) in [6, 6.07) is 9.57. The van der Waals surface area contributed by atoms with Crippen LogP contribution in [0, 0.1) is 0 Å². The Labute approximate surface area is 136 Å². The molecule has 116 valence electrons. The van der Waals surface area contributed by atoms with E-state index >= 15 is 0 Å². The van der Waals surface area contributed by atoms with E-state index in [0.717, 1.165) is 21.7 Å². The van der Waals surface area contributed by atoms with Crippen LogP contribution in [-0.2, 0) is 9.53 Å². The molecule has 4 rings (SSSR count). The fourth-order valence-corrected chi connectivity index (χ4v) is 3.41. The number of methoxy groups -OCH3 is 1. The summed E-state index contributed by atoms with van der Waals surface area (Å²) in [6.07, 6.45) is 0.845. The van der Waals surface area contributed by atoms with Crippen LogP contribution in [-0.4, -0.2) is 35.7 Å². The molecule has 23 heavy (non-hydrogen) atoms. The Kier molecular flexibility index (Phi) is 3.34. The van der Waals surface area contributed by atoms with Gasteiger partial charge in [0.1, 0.15) is 22.7 Å². The van der Waals surface area contributed by atoms with Crippen LogP contribution >= 0.6 is 11.3 Å². The van der Waals surface area contributed by atoms with Crippen LogP contribution in [0.1, 0.15) is 0 Å². The number of benzene rings is 1. The Hall–Kier alpha value is -2.67. The summed E-state index contributed by atoms with van der Waals surface area (Å²) in [6.45, 7) is 0.339. The van der Waals surface area contributed by atoms with Gasteiger partial charge >= 0.3 is 5.97 Å². The summed E-state index contributed by atoms with van der Waals surface area (Å²) in [7, 11) is 1.36. The average molecular weight is 327 g/mol. The number of fused-ring (bicyclic) bond motifs is 2. The number of ether oxygens (including phenoxy) is 2. The van der Waals surface area contributed by atoms with Crippen molar-refractivity contribution in [1.29, 1.82) is 0 Å². The molecule has 7 heteroatoms. The maximum absolute atomic E-state index is 12.0. The zero-order chi connectivity index (χ0) is 15.8. The van der Waals surface area contributed by atoms with Crippen LogP contribution in [0.2, 0.25) is 0 Å². The molecule has 0 bridgehead atoms. The van der Waals surface area contributed by atoms with Crippen molar-refractivity contribution in [2.45, 2.75) is 6.10 Å². The molecule has 1 atom stereocenters. The average Bonchev–Trinajstić information content (AvgIpc) is 3.08. The SMILES string of the molecule is COC(=O)[C@@H]1CN(c2ncnc3sccc23)c2ccccc2O1. The smallest absolute Gasteiger partial charge is 0.348 e. The molecule has 2 aromatic heterocycles. The number of carbonyl (C=O) groups is 1. The van der Waals surface area contributed by atoms with E-state index in [9.17, 15) is 4.79 Å². The first kappa shape index (κ1) is 14.0. The second-order valence-corrected chi connectivity index (χ2v) is 5.94. The fraction of sp³-hybridized carbons (Fsp3) is 0.188. The molecule has 1 aliphatic rings. The fourth-order valence-electron chi connectivity index (χ4n) is 2.68. The van der Waals surface area contributed by atoms with Gasteiger partial charge in [-0.3, -0.25) is 0 Å². The van der Waals surface area contributed by atoms with Crippen LogP contribution in [0.4, 0.5) is 11.5 Å². The topological polar surface area (TPSA) is 64.5 Å². The van der Waals surface area contributed by atoms with Gasteiger partial charge in [0.25, 0.3) is 0 Å². The Morgan fingerprint density at radius 2 is 2.22 bits per heavy atom. The molecule has 0 aliphatic carbocycles. The monoisotopic (exact) mass is 327 g/mol. The molecular formula is C16H13N3O3S. The zero-order valence-corrected chi connectivity index (χ0v) is 13.1. The molecule has 0 unspecified atom stereocenters. The van der Waals surface area contributed by atoms with Crippen molar-refractivity contribution in [3.63, 3.8) is 0 Å². The number of carbonyl (C=O) groups excluding carboxylic acids is 1.